The lowest BCUT2D eigenvalue weighted by Gasteiger charge is -2.28. The molecule has 112 valence electrons. The fourth-order valence-corrected chi connectivity index (χ4v) is 2.43. The van der Waals surface area contributed by atoms with Gasteiger partial charge in [-0.25, -0.2) is 4.39 Å². The van der Waals surface area contributed by atoms with E-state index < -0.39 is 36.3 Å². The number of halogens is 4. The number of alkyl halides is 3. The maximum Gasteiger partial charge on any atom is 0.406 e. The molecule has 0 aliphatic carbocycles. The van der Waals surface area contributed by atoms with Crippen LogP contribution in [0.2, 0.25) is 0 Å². The highest BCUT2D eigenvalue weighted by molar-refractivity contribution is 5.78. The Bertz CT molecular complexity index is 624. The molecular weight excluding hydrogens is 292 g/mol. The van der Waals surface area contributed by atoms with Crippen LogP contribution in [-0.4, -0.2) is 30.3 Å². The Hall–Kier alpha value is -2.30. The number of hydrogen-bond acceptors (Lipinski definition) is 3. The van der Waals surface area contributed by atoms with Crippen molar-refractivity contribution < 1.29 is 27.5 Å². The molecule has 1 aromatic carbocycles. The van der Waals surface area contributed by atoms with Gasteiger partial charge in [-0.2, -0.15) is 18.4 Å². The van der Waals surface area contributed by atoms with Crippen molar-refractivity contribution in [3.63, 3.8) is 0 Å². The fraction of sp³-hybridized carbons (Fsp3) is 0.385. The second-order valence-electron chi connectivity index (χ2n) is 4.80. The van der Waals surface area contributed by atoms with E-state index in [0.29, 0.717) is 0 Å². The third-order valence-corrected chi connectivity index (χ3v) is 3.67. The minimum Gasteiger partial charge on any atom is -0.481 e. The summed E-state index contributed by atoms with van der Waals surface area (Å²) >= 11 is 0. The first-order valence-corrected chi connectivity index (χ1v) is 5.96. The Morgan fingerprint density at radius 3 is 2.57 bits per heavy atom. The van der Waals surface area contributed by atoms with Crippen molar-refractivity contribution in [3.8, 4) is 6.07 Å². The van der Waals surface area contributed by atoms with Gasteiger partial charge in [0.05, 0.1) is 5.69 Å². The van der Waals surface area contributed by atoms with Crippen LogP contribution in [-0.2, 0) is 4.79 Å². The molecule has 0 saturated carbocycles. The van der Waals surface area contributed by atoms with Crippen LogP contribution in [0.4, 0.5) is 23.2 Å². The normalized spacial score (nSPS) is 22.1. The number of hydrogen-bond donors (Lipinski definition) is 1. The SMILES string of the molecule is N#Cc1c(F)cccc1N1CCC(C(=O)O)(C(F)(F)F)C1. The first-order chi connectivity index (χ1) is 9.73. The van der Waals surface area contributed by atoms with Gasteiger partial charge < -0.3 is 10.0 Å². The van der Waals surface area contributed by atoms with Crippen LogP contribution in [0.1, 0.15) is 12.0 Å². The van der Waals surface area contributed by atoms with E-state index in [1.54, 1.807) is 6.07 Å². The summed E-state index contributed by atoms with van der Waals surface area (Å²) in [5, 5.41) is 17.9. The van der Waals surface area contributed by atoms with Gasteiger partial charge in [0.15, 0.2) is 5.41 Å². The molecule has 4 nitrogen and oxygen atoms in total. The number of carboxylic acids is 1. The number of carbonyl (C=O) groups is 1. The summed E-state index contributed by atoms with van der Waals surface area (Å²) in [5.74, 6) is -2.82. The number of rotatable bonds is 2. The molecule has 0 bridgehead atoms. The molecule has 0 radical (unpaired) electrons. The standard InChI is InChI=1S/C13H10F4N2O2/c14-9-2-1-3-10(8(9)6-18)19-5-4-12(7-19,11(20)21)13(15,16)17/h1-3H,4-5,7H2,(H,20,21). The summed E-state index contributed by atoms with van der Waals surface area (Å²) in [7, 11) is 0. The van der Waals surface area contributed by atoms with E-state index in [1.807, 2.05) is 0 Å². The number of nitriles is 1. The minimum absolute atomic E-state index is 0.0233. The number of carboxylic acid groups (broad SMARTS) is 1. The molecule has 1 fully saturated rings. The minimum atomic E-state index is -4.92. The Balaban J connectivity index is 2.42. The average molecular weight is 302 g/mol. The van der Waals surface area contributed by atoms with Crippen molar-refractivity contribution in [1.82, 2.24) is 0 Å². The molecular formula is C13H10F4N2O2. The van der Waals surface area contributed by atoms with E-state index in [9.17, 15) is 22.4 Å². The van der Waals surface area contributed by atoms with E-state index >= 15 is 0 Å². The van der Waals surface area contributed by atoms with Crippen molar-refractivity contribution >= 4 is 11.7 Å². The predicted octanol–water partition coefficient (Wildman–Crippen LogP) is 2.54. The Morgan fingerprint density at radius 1 is 1.43 bits per heavy atom. The van der Waals surface area contributed by atoms with Crippen molar-refractivity contribution in [2.24, 2.45) is 5.41 Å². The highest BCUT2D eigenvalue weighted by Gasteiger charge is 2.63. The number of aliphatic carboxylic acids is 1. The third-order valence-electron chi connectivity index (χ3n) is 3.67. The summed E-state index contributed by atoms with van der Waals surface area (Å²) in [6.07, 6.45) is -5.57. The van der Waals surface area contributed by atoms with Gasteiger partial charge in [-0.3, -0.25) is 4.79 Å². The molecule has 0 aromatic heterocycles. The molecule has 1 unspecified atom stereocenters. The lowest BCUT2D eigenvalue weighted by atomic mass is 9.86. The van der Waals surface area contributed by atoms with Gasteiger partial charge in [0, 0.05) is 13.1 Å². The molecule has 1 aliphatic rings. The predicted molar refractivity (Wildman–Crippen MR) is 64.1 cm³/mol. The van der Waals surface area contributed by atoms with Gasteiger partial charge in [0.25, 0.3) is 0 Å². The number of anilines is 1. The molecule has 0 amide bonds. The number of nitrogens with zero attached hydrogens (tertiary/aromatic N) is 2. The van der Waals surface area contributed by atoms with E-state index in [4.69, 9.17) is 10.4 Å². The first-order valence-electron chi connectivity index (χ1n) is 5.96. The molecule has 1 aliphatic heterocycles. The van der Waals surface area contributed by atoms with Gasteiger partial charge in [-0.1, -0.05) is 6.07 Å². The average Bonchev–Trinajstić information content (AvgIpc) is 2.84. The topological polar surface area (TPSA) is 64.3 Å². The summed E-state index contributed by atoms with van der Waals surface area (Å²) in [4.78, 5) is 12.2. The quantitative estimate of drug-likeness (QED) is 0.853. The smallest absolute Gasteiger partial charge is 0.406 e. The molecule has 0 spiro atoms. The largest absolute Gasteiger partial charge is 0.481 e. The van der Waals surface area contributed by atoms with Crippen LogP contribution in [0.5, 0.6) is 0 Å². The van der Waals surface area contributed by atoms with E-state index in [1.165, 1.54) is 12.1 Å². The van der Waals surface area contributed by atoms with Crippen LogP contribution in [0, 0.1) is 22.6 Å². The second-order valence-corrected chi connectivity index (χ2v) is 4.80. The van der Waals surface area contributed by atoms with Crippen molar-refractivity contribution in [2.75, 3.05) is 18.0 Å². The van der Waals surface area contributed by atoms with Crippen LogP contribution in [0.15, 0.2) is 18.2 Å². The monoisotopic (exact) mass is 302 g/mol. The zero-order valence-corrected chi connectivity index (χ0v) is 10.6. The summed E-state index contributed by atoms with van der Waals surface area (Å²) in [6, 6.07) is 5.18. The van der Waals surface area contributed by atoms with Gasteiger partial charge >= 0.3 is 12.1 Å². The Morgan fingerprint density at radius 2 is 2.10 bits per heavy atom. The van der Waals surface area contributed by atoms with Crippen LogP contribution in [0.25, 0.3) is 0 Å². The molecule has 1 heterocycles. The second kappa shape index (κ2) is 4.91. The van der Waals surface area contributed by atoms with Crippen LogP contribution >= 0.6 is 0 Å². The molecule has 8 heteroatoms. The van der Waals surface area contributed by atoms with E-state index in [-0.39, 0.29) is 17.8 Å². The molecule has 21 heavy (non-hydrogen) atoms. The van der Waals surface area contributed by atoms with E-state index in [2.05, 4.69) is 0 Å². The van der Waals surface area contributed by atoms with Gasteiger partial charge in [-0.05, 0) is 18.6 Å². The lowest BCUT2D eigenvalue weighted by Crippen LogP contribution is -2.47. The summed E-state index contributed by atoms with van der Waals surface area (Å²) in [5.41, 5.74) is -3.31. The highest BCUT2D eigenvalue weighted by atomic mass is 19.4. The van der Waals surface area contributed by atoms with Crippen LogP contribution in [0.3, 0.4) is 0 Å². The lowest BCUT2D eigenvalue weighted by molar-refractivity contribution is -0.225. The van der Waals surface area contributed by atoms with Crippen molar-refractivity contribution in [2.45, 2.75) is 12.6 Å². The molecule has 1 N–H and O–H groups in total. The molecule has 1 atom stereocenters. The zero-order valence-electron chi connectivity index (χ0n) is 10.6. The maximum absolute atomic E-state index is 13.5. The Labute approximate surface area is 117 Å². The van der Waals surface area contributed by atoms with Gasteiger partial charge in [0.2, 0.25) is 0 Å². The Kier molecular flexibility index (Phi) is 3.53. The maximum atomic E-state index is 13.5. The fourth-order valence-electron chi connectivity index (χ4n) is 2.43. The number of benzene rings is 1. The highest BCUT2D eigenvalue weighted by Crippen LogP contribution is 2.47. The van der Waals surface area contributed by atoms with Gasteiger partial charge in [0.1, 0.15) is 17.4 Å². The summed E-state index contributed by atoms with van der Waals surface area (Å²) in [6.45, 7) is -1.06. The molecule has 2 rings (SSSR count). The van der Waals surface area contributed by atoms with Gasteiger partial charge in [-0.15, -0.1) is 0 Å². The summed E-state index contributed by atoms with van der Waals surface area (Å²) < 4.78 is 52.7. The van der Waals surface area contributed by atoms with E-state index in [0.717, 1.165) is 11.0 Å². The third kappa shape index (κ3) is 2.28. The van der Waals surface area contributed by atoms with Crippen LogP contribution < -0.4 is 4.90 Å². The molecule has 1 aromatic rings. The first kappa shape index (κ1) is 15.1. The van der Waals surface area contributed by atoms with Crippen molar-refractivity contribution in [3.05, 3.63) is 29.6 Å². The molecule has 1 saturated heterocycles. The zero-order chi connectivity index (χ0) is 15.8. The van der Waals surface area contributed by atoms with Crippen molar-refractivity contribution in [1.29, 1.82) is 5.26 Å².